The average molecular weight is 352 g/mol. The summed E-state index contributed by atoms with van der Waals surface area (Å²) in [6.07, 6.45) is 2.80. The smallest absolute Gasteiger partial charge is 0.247 e. The molecule has 2 aromatic rings. The van der Waals surface area contributed by atoms with Crippen LogP contribution in [0.1, 0.15) is 12.5 Å². The van der Waals surface area contributed by atoms with Gasteiger partial charge < -0.3 is 19.9 Å². The van der Waals surface area contributed by atoms with E-state index in [0.717, 1.165) is 50.6 Å². The van der Waals surface area contributed by atoms with E-state index >= 15 is 0 Å². The Hall–Kier alpha value is -2.60. The number of anilines is 3. The molecule has 1 fully saturated rings. The molecule has 0 saturated carbocycles. The van der Waals surface area contributed by atoms with Gasteiger partial charge in [-0.2, -0.15) is 0 Å². The third-order valence-corrected chi connectivity index (χ3v) is 5.15. The van der Waals surface area contributed by atoms with E-state index in [9.17, 15) is 4.79 Å². The zero-order chi connectivity index (χ0) is 17.9. The molecule has 6 nitrogen and oxygen atoms in total. The van der Waals surface area contributed by atoms with Crippen molar-refractivity contribution in [2.24, 2.45) is 0 Å². The molecule has 1 aromatic carbocycles. The van der Waals surface area contributed by atoms with Crippen molar-refractivity contribution in [3.63, 3.8) is 0 Å². The topological polar surface area (TPSA) is 57.7 Å². The number of fused-ring (bicyclic) bond motifs is 1. The van der Waals surface area contributed by atoms with Crippen LogP contribution in [0.2, 0.25) is 0 Å². The van der Waals surface area contributed by atoms with Crippen molar-refractivity contribution in [3.8, 4) is 0 Å². The van der Waals surface area contributed by atoms with Gasteiger partial charge in [-0.05, 0) is 37.1 Å². The largest absolute Gasteiger partial charge is 0.378 e. The third-order valence-electron chi connectivity index (χ3n) is 5.15. The van der Waals surface area contributed by atoms with Crippen LogP contribution in [-0.4, -0.2) is 49.8 Å². The summed E-state index contributed by atoms with van der Waals surface area (Å²) in [4.78, 5) is 21.5. The lowest BCUT2D eigenvalue weighted by molar-refractivity contribution is -0.117. The van der Waals surface area contributed by atoms with Gasteiger partial charge in [0.1, 0.15) is 11.9 Å². The SMILES string of the molecule is C[C@H](C(=O)Nc1ccc(N2CCOCC2)cn1)N1CCc2ccccc21. The first-order valence-corrected chi connectivity index (χ1v) is 9.16. The monoisotopic (exact) mass is 352 g/mol. The summed E-state index contributed by atoms with van der Waals surface area (Å²) in [6, 6.07) is 11.9. The zero-order valence-electron chi connectivity index (χ0n) is 15.0. The maximum atomic E-state index is 12.7. The fourth-order valence-electron chi connectivity index (χ4n) is 3.61. The van der Waals surface area contributed by atoms with E-state index in [-0.39, 0.29) is 11.9 Å². The molecule has 1 amide bonds. The number of nitrogens with one attached hydrogen (secondary N) is 1. The average Bonchev–Trinajstić information content (AvgIpc) is 3.13. The number of nitrogens with zero attached hydrogens (tertiary/aromatic N) is 3. The highest BCUT2D eigenvalue weighted by Gasteiger charge is 2.27. The van der Waals surface area contributed by atoms with E-state index in [4.69, 9.17) is 4.74 Å². The lowest BCUT2D eigenvalue weighted by Gasteiger charge is -2.28. The highest BCUT2D eigenvalue weighted by molar-refractivity contribution is 5.96. The van der Waals surface area contributed by atoms with Crippen LogP contribution in [0, 0.1) is 0 Å². The molecule has 0 spiro atoms. The zero-order valence-corrected chi connectivity index (χ0v) is 15.0. The lowest BCUT2D eigenvalue weighted by Crippen LogP contribution is -2.41. The number of ether oxygens (including phenoxy) is 1. The van der Waals surface area contributed by atoms with Gasteiger partial charge in [-0.1, -0.05) is 18.2 Å². The Morgan fingerprint density at radius 3 is 2.73 bits per heavy atom. The summed E-state index contributed by atoms with van der Waals surface area (Å²) < 4.78 is 5.37. The number of carbonyl (C=O) groups excluding carboxylic acids is 1. The predicted octanol–water partition coefficient (Wildman–Crippen LogP) is 2.31. The Labute approximate surface area is 153 Å². The van der Waals surface area contributed by atoms with Crippen molar-refractivity contribution in [1.29, 1.82) is 0 Å². The first-order valence-electron chi connectivity index (χ1n) is 9.16. The van der Waals surface area contributed by atoms with E-state index in [1.165, 1.54) is 5.56 Å². The van der Waals surface area contributed by atoms with E-state index in [2.05, 4.69) is 32.2 Å². The minimum absolute atomic E-state index is 0.0340. The van der Waals surface area contributed by atoms with E-state index in [1.54, 1.807) is 0 Å². The van der Waals surface area contributed by atoms with Crippen LogP contribution in [-0.2, 0) is 16.0 Å². The second-order valence-electron chi connectivity index (χ2n) is 6.74. The van der Waals surface area contributed by atoms with Gasteiger partial charge in [0, 0.05) is 25.3 Å². The van der Waals surface area contributed by atoms with E-state index in [0.29, 0.717) is 5.82 Å². The Balaban J connectivity index is 1.40. The number of amides is 1. The summed E-state index contributed by atoms with van der Waals surface area (Å²) in [7, 11) is 0. The number of rotatable bonds is 4. The minimum atomic E-state index is -0.237. The minimum Gasteiger partial charge on any atom is -0.378 e. The van der Waals surface area contributed by atoms with Crippen molar-refractivity contribution in [2.75, 3.05) is 48.0 Å². The number of carbonyl (C=O) groups is 1. The van der Waals surface area contributed by atoms with Gasteiger partial charge in [0.15, 0.2) is 0 Å². The number of para-hydroxylation sites is 1. The van der Waals surface area contributed by atoms with Gasteiger partial charge in [0.25, 0.3) is 0 Å². The van der Waals surface area contributed by atoms with Crippen LogP contribution in [0.5, 0.6) is 0 Å². The van der Waals surface area contributed by atoms with Crippen molar-refractivity contribution >= 4 is 23.1 Å². The molecule has 2 aliphatic rings. The number of morpholine rings is 1. The fraction of sp³-hybridized carbons (Fsp3) is 0.400. The van der Waals surface area contributed by atoms with Crippen LogP contribution in [0.25, 0.3) is 0 Å². The molecule has 0 aliphatic carbocycles. The molecule has 1 aromatic heterocycles. The van der Waals surface area contributed by atoms with Crippen molar-refractivity contribution < 1.29 is 9.53 Å². The van der Waals surface area contributed by atoms with Crippen LogP contribution in [0.15, 0.2) is 42.6 Å². The van der Waals surface area contributed by atoms with Crippen LogP contribution in [0.4, 0.5) is 17.2 Å². The van der Waals surface area contributed by atoms with Crippen LogP contribution >= 0.6 is 0 Å². The molecule has 26 heavy (non-hydrogen) atoms. The number of pyridine rings is 1. The molecular formula is C20H24N4O2. The quantitative estimate of drug-likeness (QED) is 0.915. The van der Waals surface area contributed by atoms with E-state index < -0.39 is 0 Å². The summed E-state index contributed by atoms with van der Waals surface area (Å²) >= 11 is 0. The molecule has 0 unspecified atom stereocenters. The first kappa shape index (κ1) is 16.8. The fourth-order valence-corrected chi connectivity index (χ4v) is 3.61. The molecule has 0 radical (unpaired) electrons. The predicted molar refractivity (Wildman–Crippen MR) is 103 cm³/mol. The number of benzene rings is 1. The standard InChI is InChI=1S/C20H24N4O2/c1-15(24-9-8-16-4-2-3-5-18(16)24)20(25)22-19-7-6-17(14-21-19)23-10-12-26-13-11-23/h2-7,14-15H,8-13H2,1H3,(H,21,22,25)/t15-/m1/s1. The summed E-state index contributed by atoms with van der Waals surface area (Å²) in [5, 5.41) is 2.94. The molecule has 1 saturated heterocycles. The molecular weight excluding hydrogens is 328 g/mol. The number of hydrogen-bond acceptors (Lipinski definition) is 5. The molecule has 6 heteroatoms. The van der Waals surface area contributed by atoms with Crippen LogP contribution in [0.3, 0.4) is 0 Å². The molecule has 136 valence electrons. The lowest BCUT2D eigenvalue weighted by atomic mass is 10.1. The second kappa shape index (κ2) is 7.33. The van der Waals surface area contributed by atoms with Crippen molar-refractivity contribution in [1.82, 2.24) is 4.98 Å². The van der Waals surface area contributed by atoms with E-state index in [1.807, 2.05) is 37.4 Å². The van der Waals surface area contributed by atoms with Gasteiger partial charge in [-0.15, -0.1) is 0 Å². The second-order valence-corrected chi connectivity index (χ2v) is 6.74. The summed E-state index contributed by atoms with van der Waals surface area (Å²) in [5.74, 6) is 0.555. The van der Waals surface area contributed by atoms with Gasteiger partial charge in [-0.25, -0.2) is 4.98 Å². The Bertz CT molecular complexity index is 772. The van der Waals surface area contributed by atoms with Gasteiger partial charge in [0.2, 0.25) is 5.91 Å². The molecule has 2 aliphatic heterocycles. The molecule has 1 atom stereocenters. The Kier molecular flexibility index (Phi) is 4.75. The summed E-state index contributed by atoms with van der Waals surface area (Å²) in [6.45, 7) is 6.05. The summed E-state index contributed by atoms with van der Waals surface area (Å²) in [5.41, 5.74) is 3.53. The third kappa shape index (κ3) is 3.37. The van der Waals surface area contributed by atoms with Gasteiger partial charge in [0.05, 0.1) is 25.1 Å². The first-order chi connectivity index (χ1) is 12.7. The van der Waals surface area contributed by atoms with Gasteiger partial charge in [-0.3, -0.25) is 4.79 Å². The Morgan fingerprint density at radius 1 is 1.15 bits per heavy atom. The molecule has 4 rings (SSSR count). The van der Waals surface area contributed by atoms with Crippen LogP contribution < -0.4 is 15.1 Å². The van der Waals surface area contributed by atoms with Crippen molar-refractivity contribution in [2.45, 2.75) is 19.4 Å². The van der Waals surface area contributed by atoms with Crippen molar-refractivity contribution in [3.05, 3.63) is 48.2 Å². The molecule has 3 heterocycles. The maximum absolute atomic E-state index is 12.7. The number of aromatic nitrogens is 1. The highest BCUT2D eigenvalue weighted by atomic mass is 16.5. The number of hydrogen-bond donors (Lipinski definition) is 1. The molecule has 0 bridgehead atoms. The highest BCUT2D eigenvalue weighted by Crippen LogP contribution is 2.29. The molecule has 1 N–H and O–H groups in total. The normalized spacial score (nSPS) is 17.7. The maximum Gasteiger partial charge on any atom is 0.247 e. The van der Waals surface area contributed by atoms with Gasteiger partial charge >= 0.3 is 0 Å². The Morgan fingerprint density at radius 2 is 1.96 bits per heavy atom.